The van der Waals surface area contributed by atoms with Crippen molar-refractivity contribution >= 4 is 23.2 Å². The van der Waals surface area contributed by atoms with E-state index in [0.717, 1.165) is 31.7 Å². The summed E-state index contributed by atoms with van der Waals surface area (Å²) in [7, 11) is 0. The minimum absolute atomic E-state index is 0.0685. The number of carbonyl (C=O) groups is 1. The zero-order valence-corrected chi connectivity index (χ0v) is 15.3. The van der Waals surface area contributed by atoms with Gasteiger partial charge in [0.2, 0.25) is 5.91 Å². The van der Waals surface area contributed by atoms with Crippen molar-refractivity contribution in [3.05, 3.63) is 64.7 Å². The van der Waals surface area contributed by atoms with Crippen molar-refractivity contribution in [3.63, 3.8) is 0 Å². The number of anilines is 1. The molecular weight excluding hydrogens is 334 g/mol. The van der Waals surface area contributed by atoms with Gasteiger partial charge >= 0.3 is 0 Å². The molecule has 132 valence electrons. The summed E-state index contributed by atoms with van der Waals surface area (Å²) in [5.74, 6) is 0.0685. The Labute approximate surface area is 154 Å². The first kappa shape index (κ1) is 17.8. The molecule has 3 rings (SSSR count). The van der Waals surface area contributed by atoms with Crippen LogP contribution in [-0.2, 0) is 11.3 Å². The van der Waals surface area contributed by atoms with E-state index in [1.54, 1.807) is 0 Å². The van der Waals surface area contributed by atoms with E-state index in [1.807, 2.05) is 24.3 Å². The van der Waals surface area contributed by atoms with E-state index >= 15 is 0 Å². The second-order valence-electron chi connectivity index (χ2n) is 6.51. The maximum Gasteiger partial charge on any atom is 0.234 e. The van der Waals surface area contributed by atoms with Gasteiger partial charge in [-0.3, -0.25) is 9.69 Å². The van der Waals surface area contributed by atoms with Gasteiger partial charge in [-0.25, -0.2) is 0 Å². The van der Waals surface area contributed by atoms with Gasteiger partial charge in [-0.2, -0.15) is 0 Å². The highest BCUT2D eigenvalue weighted by Crippen LogP contribution is 2.17. The number of hydrogen-bond acceptors (Lipinski definition) is 3. The summed E-state index contributed by atoms with van der Waals surface area (Å²) in [6, 6.07) is 16.1. The number of halogens is 1. The molecule has 0 bridgehead atoms. The second-order valence-corrected chi connectivity index (χ2v) is 6.94. The molecule has 2 aromatic carbocycles. The molecule has 25 heavy (non-hydrogen) atoms. The molecule has 1 N–H and O–H groups in total. The summed E-state index contributed by atoms with van der Waals surface area (Å²) >= 11 is 5.87. The van der Waals surface area contributed by atoms with Gasteiger partial charge in [-0.1, -0.05) is 35.9 Å². The first-order valence-electron chi connectivity index (χ1n) is 8.65. The maximum absolute atomic E-state index is 12.2. The van der Waals surface area contributed by atoms with Crippen molar-refractivity contribution < 1.29 is 4.79 Å². The smallest absolute Gasteiger partial charge is 0.234 e. The zero-order valence-electron chi connectivity index (χ0n) is 14.5. The van der Waals surface area contributed by atoms with Crippen LogP contribution in [0.25, 0.3) is 0 Å². The first-order valence-corrected chi connectivity index (χ1v) is 9.03. The van der Waals surface area contributed by atoms with Gasteiger partial charge in [0.05, 0.1) is 6.54 Å². The summed E-state index contributed by atoms with van der Waals surface area (Å²) in [5.41, 5.74) is 3.61. The molecule has 1 amide bonds. The fourth-order valence-corrected chi connectivity index (χ4v) is 3.18. The molecule has 1 saturated heterocycles. The lowest BCUT2D eigenvalue weighted by atomic mass is 10.2. The molecule has 0 radical (unpaired) electrons. The van der Waals surface area contributed by atoms with Crippen LogP contribution >= 0.6 is 11.6 Å². The predicted molar refractivity (Wildman–Crippen MR) is 103 cm³/mol. The normalized spacial score (nSPS) is 15.2. The number of piperazine rings is 1. The molecule has 4 nitrogen and oxygen atoms in total. The van der Waals surface area contributed by atoms with Gasteiger partial charge in [0.25, 0.3) is 0 Å². The molecule has 1 heterocycles. The van der Waals surface area contributed by atoms with Gasteiger partial charge < -0.3 is 10.2 Å². The standard InChI is InChI=1S/C20H24ClN3O/c1-16-3-2-4-19(13-16)24-11-9-23(10-12-24)15-20(25)22-14-17-5-7-18(21)8-6-17/h2-8,13H,9-12,14-15H2,1H3,(H,22,25). The Balaban J connectivity index is 1.42. The molecule has 0 unspecified atom stereocenters. The number of benzene rings is 2. The summed E-state index contributed by atoms with van der Waals surface area (Å²) in [4.78, 5) is 16.8. The first-order chi connectivity index (χ1) is 12.1. The summed E-state index contributed by atoms with van der Waals surface area (Å²) in [5, 5.41) is 3.69. The van der Waals surface area contributed by atoms with Crippen molar-refractivity contribution in [2.45, 2.75) is 13.5 Å². The van der Waals surface area contributed by atoms with Crippen LogP contribution in [0.4, 0.5) is 5.69 Å². The highest BCUT2D eigenvalue weighted by molar-refractivity contribution is 6.30. The van der Waals surface area contributed by atoms with Crippen LogP contribution in [0.2, 0.25) is 5.02 Å². The Morgan fingerprint density at radius 1 is 1.08 bits per heavy atom. The Kier molecular flexibility index (Phi) is 5.95. The Hall–Kier alpha value is -2.04. The molecule has 1 fully saturated rings. The van der Waals surface area contributed by atoms with Gasteiger partial charge in [0.1, 0.15) is 0 Å². The van der Waals surface area contributed by atoms with Crippen LogP contribution in [0, 0.1) is 6.92 Å². The van der Waals surface area contributed by atoms with Gasteiger partial charge in [-0.15, -0.1) is 0 Å². The van der Waals surface area contributed by atoms with Crippen molar-refractivity contribution in [1.29, 1.82) is 0 Å². The molecule has 1 aliphatic rings. The highest BCUT2D eigenvalue weighted by atomic mass is 35.5. The highest BCUT2D eigenvalue weighted by Gasteiger charge is 2.19. The molecule has 0 saturated carbocycles. The van der Waals surface area contributed by atoms with Crippen LogP contribution in [0.1, 0.15) is 11.1 Å². The van der Waals surface area contributed by atoms with Crippen LogP contribution in [0.3, 0.4) is 0 Å². The number of hydrogen-bond donors (Lipinski definition) is 1. The topological polar surface area (TPSA) is 35.6 Å². The SMILES string of the molecule is Cc1cccc(N2CCN(CC(=O)NCc3ccc(Cl)cc3)CC2)c1. The number of nitrogens with zero attached hydrogens (tertiary/aromatic N) is 2. The predicted octanol–water partition coefficient (Wildman–Crippen LogP) is 3.09. The van der Waals surface area contributed by atoms with Crippen molar-refractivity contribution in [2.75, 3.05) is 37.6 Å². The molecule has 5 heteroatoms. The summed E-state index contributed by atoms with van der Waals surface area (Å²) in [6.45, 7) is 6.83. The van der Waals surface area contributed by atoms with E-state index in [9.17, 15) is 4.79 Å². The molecule has 0 aromatic heterocycles. The van der Waals surface area contributed by atoms with Crippen LogP contribution in [0.15, 0.2) is 48.5 Å². The van der Waals surface area contributed by atoms with Crippen LogP contribution in [-0.4, -0.2) is 43.5 Å². The third-order valence-corrected chi connectivity index (χ3v) is 4.76. The number of aryl methyl sites for hydroxylation is 1. The Morgan fingerprint density at radius 3 is 2.48 bits per heavy atom. The lowest BCUT2D eigenvalue weighted by Crippen LogP contribution is -2.49. The minimum atomic E-state index is 0.0685. The van der Waals surface area contributed by atoms with Gasteiger partial charge in [0.15, 0.2) is 0 Å². The number of amides is 1. The largest absolute Gasteiger partial charge is 0.369 e. The van der Waals surface area contributed by atoms with Gasteiger partial charge in [0, 0.05) is 43.4 Å². The molecule has 0 aliphatic carbocycles. The molecule has 2 aromatic rings. The van der Waals surface area contributed by atoms with Gasteiger partial charge in [-0.05, 0) is 42.3 Å². The molecular formula is C20H24ClN3O. The summed E-state index contributed by atoms with van der Waals surface area (Å²) in [6.07, 6.45) is 0. The number of nitrogens with one attached hydrogen (secondary N) is 1. The third-order valence-electron chi connectivity index (χ3n) is 4.51. The van der Waals surface area contributed by atoms with Crippen LogP contribution in [0.5, 0.6) is 0 Å². The third kappa shape index (κ3) is 5.21. The van der Waals surface area contributed by atoms with E-state index in [4.69, 9.17) is 11.6 Å². The van der Waals surface area contributed by atoms with Crippen LogP contribution < -0.4 is 10.2 Å². The van der Waals surface area contributed by atoms with Crippen molar-refractivity contribution in [1.82, 2.24) is 10.2 Å². The second kappa shape index (κ2) is 8.37. The fourth-order valence-electron chi connectivity index (χ4n) is 3.05. The zero-order chi connectivity index (χ0) is 17.6. The average molecular weight is 358 g/mol. The Morgan fingerprint density at radius 2 is 1.80 bits per heavy atom. The average Bonchev–Trinajstić information content (AvgIpc) is 2.62. The van der Waals surface area contributed by atoms with E-state index < -0.39 is 0 Å². The van der Waals surface area contributed by atoms with E-state index in [-0.39, 0.29) is 5.91 Å². The molecule has 0 spiro atoms. The van der Waals surface area contributed by atoms with E-state index in [2.05, 4.69) is 46.3 Å². The number of carbonyl (C=O) groups excluding carboxylic acids is 1. The quantitative estimate of drug-likeness (QED) is 0.893. The Bertz CT molecular complexity index is 709. The van der Waals surface area contributed by atoms with Crippen molar-refractivity contribution in [3.8, 4) is 0 Å². The maximum atomic E-state index is 12.2. The lowest BCUT2D eigenvalue weighted by Gasteiger charge is -2.35. The molecule has 1 aliphatic heterocycles. The van der Waals surface area contributed by atoms with E-state index in [1.165, 1.54) is 11.3 Å². The fraction of sp³-hybridized carbons (Fsp3) is 0.350. The number of rotatable bonds is 5. The minimum Gasteiger partial charge on any atom is -0.369 e. The lowest BCUT2D eigenvalue weighted by molar-refractivity contribution is -0.122. The molecule has 0 atom stereocenters. The summed E-state index contributed by atoms with van der Waals surface area (Å²) < 4.78 is 0. The van der Waals surface area contributed by atoms with E-state index in [0.29, 0.717) is 18.1 Å². The van der Waals surface area contributed by atoms with Crippen molar-refractivity contribution in [2.24, 2.45) is 0 Å². The monoisotopic (exact) mass is 357 g/mol.